The molecule has 2 aromatic carbocycles. The molecule has 188 valence electrons. The Morgan fingerprint density at radius 2 is 1.76 bits per heavy atom. The highest BCUT2D eigenvalue weighted by molar-refractivity contribution is 5.96. The number of aromatic carboxylic acids is 1. The van der Waals surface area contributed by atoms with Crippen molar-refractivity contribution >= 4 is 22.8 Å². The summed E-state index contributed by atoms with van der Waals surface area (Å²) in [4.78, 5) is 39.0. The molecule has 2 aromatic heterocycles. The van der Waals surface area contributed by atoms with Gasteiger partial charge in [-0.3, -0.25) is 14.5 Å². The Hall–Kier alpha value is -4.17. The number of nitrogens with zero attached hydrogens (tertiary/aromatic N) is 3. The zero-order valence-corrected chi connectivity index (χ0v) is 20.2. The fourth-order valence-corrected chi connectivity index (χ4v) is 6.22. The van der Waals surface area contributed by atoms with Crippen molar-refractivity contribution in [2.24, 2.45) is 5.92 Å². The number of aliphatic carboxylic acids is 1. The maximum Gasteiger partial charge on any atom is 0.335 e. The Morgan fingerprint density at radius 3 is 2.51 bits per heavy atom. The molecule has 37 heavy (non-hydrogen) atoms. The second-order valence-corrected chi connectivity index (χ2v) is 10.1. The fourth-order valence-electron chi connectivity index (χ4n) is 6.22. The van der Waals surface area contributed by atoms with Gasteiger partial charge >= 0.3 is 11.9 Å². The molecule has 2 aliphatic heterocycles. The van der Waals surface area contributed by atoms with E-state index in [4.69, 9.17) is 0 Å². The normalized spacial score (nSPS) is 19.9. The van der Waals surface area contributed by atoms with Crippen LogP contribution in [0.1, 0.15) is 45.6 Å². The minimum Gasteiger partial charge on any atom is -0.480 e. The first-order valence-electron chi connectivity index (χ1n) is 12.5. The lowest BCUT2D eigenvalue weighted by Crippen LogP contribution is -2.49. The lowest BCUT2D eigenvalue weighted by atomic mass is 9.82. The minimum absolute atomic E-state index is 0.0133. The van der Waals surface area contributed by atoms with E-state index >= 15 is 0 Å². The number of pyridine rings is 1. The number of carboxylic acids is 2. The second-order valence-electron chi connectivity index (χ2n) is 10.1. The molecule has 8 nitrogen and oxygen atoms in total. The maximum atomic E-state index is 12.8. The van der Waals surface area contributed by atoms with Gasteiger partial charge in [0.15, 0.2) is 0 Å². The summed E-state index contributed by atoms with van der Waals surface area (Å²) < 4.78 is 3.83. The van der Waals surface area contributed by atoms with Crippen LogP contribution >= 0.6 is 0 Å². The Balaban J connectivity index is 1.44. The third-order valence-corrected chi connectivity index (χ3v) is 7.76. The van der Waals surface area contributed by atoms with Crippen LogP contribution in [0.2, 0.25) is 0 Å². The molecule has 1 fully saturated rings. The van der Waals surface area contributed by atoms with Crippen molar-refractivity contribution < 1.29 is 19.8 Å². The molecular formula is C29H27N3O5. The quantitative estimate of drug-likeness (QED) is 0.420. The van der Waals surface area contributed by atoms with E-state index in [1.165, 1.54) is 0 Å². The molecule has 0 aliphatic carbocycles. The van der Waals surface area contributed by atoms with Gasteiger partial charge in [-0.05, 0) is 42.2 Å². The number of aromatic nitrogens is 2. The Bertz CT molecular complexity index is 1570. The molecule has 8 heteroatoms. The number of hydrogen-bond donors (Lipinski definition) is 2. The third-order valence-electron chi connectivity index (χ3n) is 7.76. The molecule has 2 bridgehead atoms. The highest BCUT2D eigenvalue weighted by Gasteiger charge is 2.40. The molecule has 0 amide bonds. The van der Waals surface area contributed by atoms with Crippen LogP contribution in [0, 0.1) is 5.92 Å². The van der Waals surface area contributed by atoms with Gasteiger partial charge in [-0.15, -0.1) is 0 Å². The number of benzene rings is 2. The van der Waals surface area contributed by atoms with Gasteiger partial charge in [-0.1, -0.05) is 36.4 Å². The van der Waals surface area contributed by atoms with Crippen LogP contribution < -0.4 is 5.56 Å². The van der Waals surface area contributed by atoms with Crippen molar-refractivity contribution in [2.75, 3.05) is 13.1 Å². The predicted molar refractivity (Wildman–Crippen MR) is 138 cm³/mol. The largest absolute Gasteiger partial charge is 0.480 e. The first-order chi connectivity index (χ1) is 17.9. The Kier molecular flexibility index (Phi) is 5.68. The first kappa shape index (κ1) is 23.2. The lowest BCUT2D eigenvalue weighted by Gasteiger charge is -2.44. The van der Waals surface area contributed by atoms with E-state index in [-0.39, 0.29) is 23.0 Å². The average Bonchev–Trinajstić information content (AvgIpc) is 3.22. The molecule has 4 aromatic rings. The van der Waals surface area contributed by atoms with Gasteiger partial charge in [0.05, 0.1) is 5.56 Å². The fraction of sp³-hybridized carbons (Fsp3) is 0.276. The average molecular weight is 498 g/mol. The van der Waals surface area contributed by atoms with E-state index in [9.17, 15) is 24.6 Å². The summed E-state index contributed by atoms with van der Waals surface area (Å²) in [6, 6.07) is 19.2. The van der Waals surface area contributed by atoms with Crippen molar-refractivity contribution in [3.05, 3.63) is 106 Å². The molecule has 2 N–H and O–H groups in total. The molecule has 4 heterocycles. The highest BCUT2D eigenvalue weighted by Crippen LogP contribution is 2.40. The number of rotatable bonds is 6. The van der Waals surface area contributed by atoms with Crippen molar-refractivity contribution in [3.8, 4) is 0 Å². The molecule has 0 saturated carbocycles. The SMILES string of the molecule is O=C(O)c1ccc2c(c1)c([C@@H](C(=O)O)N1C[C@@H]3C[C@@H](C1)c1cccc(=O)n1C3)cn2Cc1ccccc1. The number of carboxylic acid groups (broad SMARTS) is 2. The van der Waals surface area contributed by atoms with E-state index < -0.39 is 18.0 Å². The van der Waals surface area contributed by atoms with E-state index in [1.54, 1.807) is 30.3 Å². The molecule has 0 radical (unpaired) electrons. The van der Waals surface area contributed by atoms with Gasteiger partial charge in [0.2, 0.25) is 0 Å². The summed E-state index contributed by atoms with van der Waals surface area (Å²) in [5.41, 5.74) is 3.52. The van der Waals surface area contributed by atoms with Crippen molar-refractivity contribution in [3.63, 3.8) is 0 Å². The summed E-state index contributed by atoms with van der Waals surface area (Å²) in [6.45, 7) is 2.18. The van der Waals surface area contributed by atoms with Gasteiger partial charge in [-0.25, -0.2) is 4.79 Å². The van der Waals surface area contributed by atoms with E-state index in [1.807, 2.05) is 56.6 Å². The Labute approximate surface area is 213 Å². The van der Waals surface area contributed by atoms with E-state index in [0.29, 0.717) is 37.1 Å². The first-order valence-corrected chi connectivity index (χ1v) is 12.5. The zero-order valence-electron chi connectivity index (χ0n) is 20.2. The summed E-state index contributed by atoms with van der Waals surface area (Å²) in [5.74, 6) is -1.79. The molecule has 2 aliphatic rings. The van der Waals surface area contributed by atoms with Crippen molar-refractivity contribution in [1.29, 1.82) is 0 Å². The van der Waals surface area contributed by atoms with Gasteiger partial charge in [0, 0.05) is 66.5 Å². The maximum absolute atomic E-state index is 12.8. The van der Waals surface area contributed by atoms with Crippen LogP contribution in [0.3, 0.4) is 0 Å². The number of fused-ring (bicyclic) bond motifs is 5. The van der Waals surface area contributed by atoms with Crippen LogP contribution in [0.15, 0.2) is 77.7 Å². The number of carbonyl (C=O) groups is 2. The zero-order chi connectivity index (χ0) is 25.7. The topological polar surface area (TPSA) is 105 Å². The van der Waals surface area contributed by atoms with Crippen molar-refractivity contribution in [2.45, 2.75) is 31.5 Å². The van der Waals surface area contributed by atoms with E-state index in [2.05, 4.69) is 0 Å². The van der Waals surface area contributed by atoms with Gasteiger partial charge < -0.3 is 19.3 Å². The molecular weight excluding hydrogens is 470 g/mol. The van der Waals surface area contributed by atoms with Crippen LogP contribution in [0.25, 0.3) is 10.9 Å². The molecule has 3 atom stereocenters. The minimum atomic E-state index is -1.05. The van der Waals surface area contributed by atoms with Crippen LogP contribution in [-0.4, -0.2) is 49.3 Å². The highest BCUT2D eigenvalue weighted by atomic mass is 16.4. The summed E-state index contributed by atoms with van der Waals surface area (Å²) in [6.07, 6.45) is 2.79. The number of piperidine rings is 1. The third kappa shape index (κ3) is 4.13. The van der Waals surface area contributed by atoms with Crippen molar-refractivity contribution in [1.82, 2.24) is 14.0 Å². The number of likely N-dealkylation sites (tertiary alicyclic amines) is 1. The van der Waals surface area contributed by atoms with Crippen LogP contribution in [0.4, 0.5) is 0 Å². The standard InChI is InChI=1S/C29H27N3O5/c33-26-8-4-7-24-21-11-19(15-32(24)26)14-31(16-21)27(29(36)37)23-17-30(13-18-5-2-1-3-6-18)25-10-9-20(28(34)35)12-22(23)25/h1-10,12,17,19,21,27H,11,13-16H2,(H,34,35)(H,36,37)/t19-,21-,27-/m0/s1. The van der Waals surface area contributed by atoms with Gasteiger partial charge in [-0.2, -0.15) is 0 Å². The Morgan fingerprint density at radius 1 is 0.946 bits per heavy atom. The molecule has 0 unspecified atom stereocenters. The molecule has 6 rings (SSSR count). The second kappa shape index (κ2) is 9.05. The molecule has 0 spiro atoms. The monoisotopic (exact) mass is 497 g/mol. The summed E-state index contributed by atoms with van der Waals surface area (Å²) in [7, 11) is 0. The lowest BCUT2D eigenvalue weighted by molar-refractivity contribution is -0.144. The number of hydrogen-bond acceptors (Lipinski definition) is 4. The predicted octanol–water partition coefficient (Wildman–Crippen LogP) is 3.79. The smallest absolute Gasteiger partial charge is 0.335 e. The van der Waals surface area contributed by atoms with Gasteiger partial charge in [0.1, 0.15) is 6.04 Å². The summed E-state index contributed by atoms with van der Waals surface area (Å²) >= 11 is 0. The van der Waals surface area contributed by atoms with E-state index in [0.717, 1.165) is 23.2 Å². The van der Waals surface area contributed by atoms with Crippen LogP contribution in [0.5, 0.6) is 0 Å². The molecule has 1 saturated heterocycles. The van der Waals surface area contributed by atoms with Gasteiger partial charge in [0.25, 0.3) is 5.56 Å². The summed E-state index contributed by atoms with van der Waals surface area (Å²) in [5, 5.41) is 20.8. The van der Waals surface area contributed by atoms with Crippen LogP contribution in [-0.2, 0) is 17.9 Å².